The number of thioether (sulfide) groups is 1. The Labute approximate surface area is 160 Å². The molecule has 8 heteroatoms. The number of methoxy groups -OCH3 is 1. The van der Waals surface area contributed by atoms with Gasteiger partial charge >= 0.3 is 0 Å². The lowest BCUT2D eigenvalue weighted by atomic mass is 10.3. The Morgan fingerprint density at radius 2 is 1.81 bits per heavy atom. The summed E-state index contributed by atoms with van der Waals surface area (Å²) in [5.74, 6) is -1.27. The number of carbonyl (C=O) groups is 2. The normalized spacial score (nSPS) is 10.4. The monoisotopic (exact) mass is 394 g/mol. The fourth-order valence-electron chi connectivity index (χ4n) is 2.19. The van der Waals surface area contributed by atoms with Crippen LogP contribution in [0.25, 0.3) is 0 Å². The van der Waals surface area contributed by atoms with E-state index in [-0.39, 0.29) is 24.8 Å². The average molecular weight is 394 g/mol. The van der Waals surface area contributed by atoms with Gasteiger partial charge in [-0.2, -0.15) is 0 Å². The van der Waals surface area contributed by atoms with E-state index in [1.54, 1.807) is 31.4 Å². The van der Waals surface area contributed by atoms with Crippen molar-refractivity contribution in [3.05, 3.63) is 54.1 Å². The van der Waals surface area contributed by atoms with Gasteiger partial charge in [0.05, 0.1) is 13.7 Å². The minimum atomic E-state index is -0.918. The third-order valence-electron chi connectivity index (χ3n) is 3.66. The standard InChI is InChI=1S/C19H20F2N2O3S/c1-23(12-18(24)22-13-3-5-14(26-2)6-4-13)19(25)9-10-27-15-7-8-16(20)17(21)11-15/h3-8,11H,9-10,12H2,1-2H3,(H,22,24). The van der Waals surface area contributed by atoms with Crippen molar-refractivity contribution >= 4 is 29.3 Å². The molecule has 27 heavy (non-hydrogen) atoms. The number of hydrogen-bond donors (Lipinski definition) is 1. The summed E-state index contributed by atoms with van der Waals surface area (Å²) in [5.41, 5.74) is 0.607. The number of likely N-dealkylation sites (N-methyl/N-ethyl adjacent to an activating group) is 1. The number of nitrogens with one attached hydrogen (secondary N) is 1. The Bertz CT molecular complexity index is 800. The van der Waals surface area contributed by atoms with E-state index in [1.165, 1.54) is 29.8 Å². The summed E-state index contributed by atoms with van der Waals surface area (Å²) in [6, 6.07) is 10.5. The molecule has 2 rings (SSSR count). The number of ether oxygens (including phenoxy) is 1. The van der Waals surface area contributed by atoms with Gasteiger partial charge in [-0.05, 0) is 42.5 Å². The molecule has 2 aromatic carbocycles. The number of halogens is 2. The van der Waals surface area contributed by atoms with E-state index in [2.05, 4.69) is 5.32 Å². The maximum absolute atomic E-state index is 13.1. The molecule has 5 nitrogen and oxygen atoms in total. The highest BCUT2D eigenvalue weighted by atomic mass is 32.2. The third-order valence-corrected chi connectivity index (χ3v) is 4.65. The van der Waals surface area contributed by atoms with Crippen molar-refractivity contribution in [2.24, 2.45) is 0 Å². The van der Waals surface area contributed by atoms with Crippen LogP contribution in [0.5, 0.6) is 5.75 Å². The Balaban J connectivity index is 1.75. The molecule has 0 aromatic heterocycles. The van der Waals surface area contributed by atoms with Gasteiger partial charge in [-0.25, -0.2) is 8.78 Å². The molecule has 0 heterocycles. The second kappa shape index (κ2) is 9.91. The van der Waals surface area contributed by atoms with Gasteiger partial charge in [0, 0.05) is 29.8 Å². The number of amides is 2. The highest BCUT2D eigenvalue weighted by Crippen LogP contribution is 2.21. The summed E-state index contributed by atoms with van der Waals surface area (Å²) in [7, 11) is 3.09. The number of anilines is 1. The highest BCUT2D eigenvalue weighted by Gasteiger charge is 2.13. The molecule has 0 bridgehead atoms. The van der Waals surface area contributed by atoms with Crippen LogP contribution in [-0.2, 0) is 9.59 Å². The van der Waals surface area contributed by atoms with Crippen molar-refractivity contribution in [3.8, 4) is 5.75 Å². The van der Waals surface area contributed by atoms with Gasteiger partial charge in [0.2, 0.25) is 11.8 Å². The van der Waals surface area contributed by atoms with Gasteiger partial charge < -0.3 is 15.0 Å². The Kier molecular flexibility index (Phi) is 7.60. The lowest BCUT2D eigenvalue weighted by Gasteiger charge is -2.17. The number of hydrogen-bond acceptors (Lipinski definition) is 4. The van der Waals surface area contributed by atoms with E-state index in [0.717, 1.165) is 12.1 Å². The molecule has 144 valence electrons. The topological polar surface area (TPSA) is 58.6 Å². The largest absolute Gasteiger partial charge is 0.497 e. The van der Waals surface area contributed by atoms with Crippen LogP contribution >= 0.6 is 11.8 Å². The van der Waals surface area contributed by atoms with Gasteiger partial charge in [-0.3, -0.25) is 9.59 Å². The van der Waals surface area contributed by atoms with Crippen LogP contribution in [0.4, 0.5) is 14.5 Å². The van der Waals surface area contributed by atoms with E-state index in [0.29, 0.717) is 22.1 Å². The van der Waals surface area contributed by atoms with E-state index in [1.807, 2.05) is 0 Å². The molecular weight excluding hydrogens is 374 g/mol. The van der Waals surface area contributed by atoms with Crippen LogP contribution in [0, 0.1) is 11.6 Å². The van der Waals surface area contributed by atoms with Crippen LogP contribution in [0.3, 0.4) is 0 Å². The van der Waals surface area contributed by atoms with E-state index in [9.17, 15) is 18.4 Å². The molecular formula is C19H20F2N2O3S. The Morgan fingerprint density at radius 3 is 2.44 bits per heavy atom. The lowest BCUT2D eigenvalue weighted by molar-refractivity contribution is -0.132. The maximum atomic E-state index is 13.1. The zero-order valence-electron chi connectivity index (χ0n) is 15.0. The Hall–Kier alpha value is -2.61. The van der Waals surface area contributed by atoms with Gasteiger partial charge in [-0.1, -0.05) is 0 Å². The molecule has 1 N–H and O–H groups in total. The average Bonchev–Trinajstić information content (AvgIpc) is 2.65. The van der Waals surface area contributed by atoms with Crippen LogP contribution in [0.15, 0.2) is 47.4 Å². The number of carbonyl (C=O) groups excluding carboxylic acids is 2. The molecule has 0 saturated heterocycles. The molecule has 0 atom stereocenters. The first-order valence-corrected chi connectivity index (χ1v) is 9.13. The van der Waals surface area contributed by atoms with E-state index >= 15 is 0 Å². The summed E-state index contributed by atoms with van der Waals surface area (Å²) < 4.78 is 31.1. The zero-order valence-corrected chi connectivity index (χ0v) is 15.8. The van der Waals surface area contributed by atoms with Crippen molar-refractivity contribution in [2.75, 3.05) is 31.8 Å². The summed E-state index contributed by atoms with van der Waals surface area (Å²) in [6.07, 6.45) is 0.177. The molecule has 0 aliphatic rings. The molecule has 2 amide bonds. The van der Waals surface area contributed by atoms with Gasteiger partial charge in [0.1, 0.15) is 5.75 Å². The quantitative estimate of drug-likeness (QED) is 0.696. The predicted octanol–water partition coefficient (Wildman–Crippen LogP) is 3.55. The van der Waals surface area contributed by atoms with Crippen LogP contribution in [-0.4, -0.2) is 43.2 Å². The van der Waals surface area contributed by atoms with Crippen molar-refractivity contribution < 1.29 is 23.1 Å². The van der Waals surface area contributed by atoms with E-state index in [4.69, 9.17) is 4.74 Å². The Morgan fingerprint density at radius 1 is 1.11 bits per heavy atom. The summed E-state index contributed by atoms with van der Waals surface area (Å²) >= 11 is 1.25. The number of rotatable bonds is 8. The molecule has 0 aliphatic carbocycles. The van der Waals surface area contributed by atoms with Crippen LogP contribution in [0.1, 0.15) is 6.42 Å². The minimum Gasteiger partial charge on any atom is -0.497 e. The van der Waals surface area contributed by atoms with Gasteiger partial charge in [0.25, 0.3) is 0 Å². The van der Waals surface area contributed by atoms with E-state index < -0.39 is 11.6 Å². The smallest absolute Gasteiger partial charge is 0.243 e. The SMILES string of the molecule is COc1ccc(NC(=O)CN(C)C(=O)CCSc2ccc(F)c(F)c2)cc1. The first-order valence-electron chi connectivity index (χ1n) is 8.14. The first kappa shape index (κ1) is 20.7. The number of nitrogens with zero attached hydrogens (tertiary/aromatic N) is 1. The second-order valence-electron chi connectivity index (χ2n) is 5.70. The predicted molar refractivity (Wildman–Crippen MR) is 101 cm³/mol. The summed E-state index contributed by atoms with van der Waals surface area (Å²) in [4.78, 5) is 26.0. The van der Waals surface area contributed by atoms with Crippen molar-refractivity contribution in [1.29, 1.82) is 0 Å². The minimum absolute atomic E-state index is 0.0826. The summed E-state index contributed by atoms with van der Waals surface area (Å²) in [5, 5.41) is 2.70. The van der Waals surface area contributed by atoms with Crippen molar-refractivity contribution in [2.45, 2.75) is 11.3 Å². The summed E-state index contributed by atoms with van der Waals surface area (Å²) in [6.45, 7) is -0.0826. The van der Waals surface area contributed by atoms with Crippen molar-refractivity contribution in [1.82, 2.24) is 4.90 Å². The highest BCUT2D eigenvalue weighted by molar-refractivity contribution is 7.99. The molecule has 2 aromatic rings. The zero-order chi connectivity index (χ0) is 19.8. The van der Waals surface area contributed by atoms with Gasteiger partial charge in [0.15, 0.2) is 11.6 Å². The maximum Gasteiger partial charge on any atom is 0.243 e. The first-order chi connectivity index (χ1) is 12.9. The fourth-order valence-corrected chi connectivity index (χ4v) is 3.06. The van der Waals surface area contributed by atoms with Gasteiger partial charge in [-0.15, -0.1) is 11.8 Å². The molecule has 0 radical (unpaired) electrons. The van der Waals surface area contributed by atoms with Crippen LogP contribution < -0.4 is 10.1 Å². The van der Waals surface area contributed by atoms with Crippen LogP contribution in [0.2, 0.25) is 0 Å². The molecule has 0 spiro atoms. The fraction of sp³-hybridized carbons (Fsp3) is 0.263. The van der Waals surface area contributed by atoms with Crippen molar-refractivity contribution in [3.63, 3.8) is 0 Å². The molecule has 0 aliphatic heterocycles. The third kappa shape index (κ3) is 6.56. The number of benzene rings is 2. The molecule has 0 saturated carbocycles. The lowest BCUT2D eigenvalue weighted by Crippen LogP contribution is -2.35. The second-order valence-corrected chi connectivity index (χ2v) is 6.87. The molecule has 0 unspecified atom stereocenters. The molecule has 0 fully saturated rings.